The fourth-order valence-corrected chi connectivity index (χ4v) is 3.51. The van der Waals surface area contributed by atoms with Crippen LogP contribution in [-0.4, -0.2) is 5.56 Å². The third-order valence-corrected chi connectivity index (χ3v) is 5.01. The molecule has 1 aliphatic carbocycles. The Morgan fingerprint density at radius 1 is 0.552 bits per heavy atom. The lowest BCUT2D eigenvalue weighted by molar-refractivity contribution is 0.382. The number of rotatable bonds is 3. The maximum absolute atomic E-state index is 14.4. The Balaban J connectivity index is 2.58. The van der Waals surface area contributed by atoms with Crippen LogP contribution in [0.3, 0.4) is 0 Å². The van der Waals surface area contributed by atoms with E-state index < -0.39 is 80.1 Å². The smallest absolute Gasteiger partial charge is 0.200 e. The van der Waals surface area contributed by atoms with Crippen molar-refractivity contribution < 1.29 is 43.9 Å². The molecule has 0 saturated carbocycles. The number of benzene rings is 2. The van der Waals surface area contributed by atoms with Crippen molar-refractivity contribution in [3.05, 3.63) is 87.6 Å². The van der Waals surface area contributed by atoms with Crippen LogP contribution in [0.15, 0.2) is 29.4 Å². The molecule has 3 rings (SSSR count). The normalized spacial score (nSPS) is 13.4. The second-order valence-corrected chi connectivity index (χ2v) is 6.51. The summed E-state index contributed by atoms with van der Waals surface area (Å²) in [5, 5.41) is 0. The summed E-state index contributed by atoms with van der Waals surface area (Å²) in [6.07, 6.45) is 2.84. The molecule has 0 aliphatic heterocycles. The molecule has 29 heavy (non-hydrogen) atoms. The lowest BCUT2D eigenvalue weighted by Crippen LogP contribution is -2.61. The third kappa shape index (κ3) is 2.79. The molecule has 0 bridgehead atoms. The van der Waals surface area contributed by atoms with Gasteiger partial charge in [0, 0.05) is 0 Å². The van der Waals surface area contributed by atoms with Gasteiger partial charge in [0.05, 0.1) is 0 Å². The van der Waals surface area contributed by atoms with E-state index in [-0.39, 0.29) is 0 Å². The van der Waals surface area contributed by atoms with Crippen molar-refractivity contribution in [2.75, 3.05) is 0 Å². The fraction of sp³-hybridized carbons (Fsp3) is 0. The summed E-state index contributed by atoms with van der Waals surface area (Å²) < 4.78 is 139. The van der Waals surface area contributed by atoms with Gasteiger partial charge in [-0.3, -0.25) is 0 Å². The van der Waals surface area contributed by atoms with Gasteiger partial charge in [-0.25, -0.2) is 43.9 Å². The molecule has 2 aromatic rings. The van der Waals surface area contributed by atoms with Crippen LogP contribution in [0.2, 0.25) is 0 Å². The largest absolute Gasteiger partial charge is 0.370 e. The van der Waals surface area contributed by atoms with Crippen molar-refractivity contribution in [1.82, 2.24) is 0 Å². The monoisotopic (exact) mass is 443 g/mol. The second kappa shape index (κ2) is 7.00. The van der Waals surface area contributed by atoms with Crippen molar-refractivity contribution in [3.63, 3.8) is 0 Å². The molecule has 0 heterocycles. The van der Waals surface area contributed by atoms with Gasteiger partial charge in [0.2, 0.25) is 0 Å². The number of allylic oxidation sites excluding steroid dienone is 3. The molecular formula is C17H3BClF10-. The average molecular weight is 443 g/mol. The molecule has 0 amide bonds. The molecule has 2 aromatic carbocycles. The minimum absolute atomic E-state index is 0.780. The fourth-order valence-electron chi connectivity index (χ4n) is 2.99. The zero-order valence-corrected chi connectivity index (χ0v) is 14.2. The molecule has 152 valence electrons. The predicted molar refractivity (Wildman–Crippen MR) is 84.1 cm³/mol. The van der Waals surface area contributed by atoms with Crippen LogP contribution in [-0.2, 0) is 0 Å². The number of hydrogen-bond donors (Lipinski definition) is 0. The minimum Gasteiger partial charge on any atom is -0.370 e. The van der Waals surface area contributed by atoms with Crippen LogP contribution in [0.25, 0.3) is 0 Å². The maximum atomic E-state index is 14.4. The SMILES string of the molecule is Fc1c(F)c(F)c([B-](Cl)(C2=C=CC=C2)c2c(F)c(F)c(F)c(F)c2F)c(F)c1F. The van der Waals surface area contributed by atoms with Crippen molar-refractivity contribution in [2.24, 2.45) is 0 Å². The average Bonchev–Trinajstić information content (AvgIpc) is 3.23. The van der Waals surface area contributed by atoms with Gasteiger partial charge in [0.25, 0.3) is 0 Å². The summed E-state index contributed by atoms with van der Waals surface area (Å²) in [6.45, 7) is 0. The Morgan fingerprint density at radius 2 is 0.862 bits per heavy atom. The first kappa shape index (κ1) is 21.1. The van der Waals surface area contributed by atoms with Gasteiger partial charge in [0.1, 0.15) is 23.3 Å². The maximum Gasteiger partial charge on any atom is 0.200 e. The Labute approximate surface area is 160 Å². The Hall–Kier alpha value is -2.65. The lowest BCUT2D eigenvalue weighted by Gasteiger charge is -2.37. The summed E-state index contributed by atoms with van der Waals surface area (Å²) >= 11 is 6.03. The molecule has 0 radical (unpaired) electrons. The van der Waals surface area contributed by atoms with Gasteiger partial charge >= 0.3 is 0 Å². The lowest BCUT2D eigenvalue weighted by atomic mass is 9.34. The van der Waals surface area contributed by atoms with Gasteiger partial charge in [-0.2, -0.15) is 5.73 Å². The van der Waals surface area contributed by atoms with Crippen molar-refractivity contribution in [2.45, 2.75) is 0 Å². The number of hydrogen-bond acceptors (Lipinski definition) is 0. The summed E-state index contributed by atoms with van der Waals surface area (Å²) in [4.78, 5) is 0. The third-order valence-electron chi connectivity index (χ3n) is 4.33. The topological polar surface area (TPSA) is 0 Å². The van der Waals surface area contributed by atoms with E-state index in [1.54, 1.807) is 0 Å². The molecule has 0 saturated heterocycles. The van der Waals surface area contributed by atoms with E-state index in [2.05, 4.69) is 5.73 Å². The highest BCUT2D eigenvalue weighted by molar-refractivity contribution is 7.38. The van der Waals surface area contributed by atoms with Gasteiger partial charge in [-0.05, 0) is 6.08 Å². The zero-order valence-electron chi connectivity index (χ0n) is 13.5. The molecular weight excluding hydrogens is 440 g/mol. The van der Waals surface area contributed by atoms with Crippen LogP contribution >= 0.6 is 11.5 Å². The van der Waals surface area contributed by atoms with Crippen LogP contribution in [0.1, 0.15) is 0 Å². The molecule has 12 heteroatoms. The van der Waals surface area contributed by atoms with Crippen LogP contribution < -0.4 is 10.9 Å². The molecule has 0 fully saturated rings. The Morgan fingerprint density at radius 3 is 1.14 bits per heavy atom. The van der Waals surface area contributed by atoms with E-state index in [1.165, 1.54) is 0 Å². The molecule has 0 atom stereocenters. The van der Waals surface area contributed by atoms with Gasteiger partial charge < -0.3 is 11.5 Å². The summed E-state index contributed by atoms with van der Waals surface area (Å²) in [6, 6.07) is 0. The van der Waals surface area contributed by atoms with Crippen LogP contribution in [0, 0.1) is 58.2 Å². The van der Waals surface area contributed by atoms with Crippen molar-refractivity contribution >= 4 is 27.9 Å². The van der Waals surface area contributed by atoms with E-state index in [9.17, 15) is 43.9 Å². The molecule has 0 N–H and O–H groups in total. The van der Waals surface area contributed by atoms with E-state index in [0.717, 1.165) is 18.2 Å². The summed E-state index contributed by atoms with van der Waals surface area (Å²) in [7, 11) is 0. The summed E-state index contributed by atoms with van der Waals surface area (Å²) in [5.41, 5.74) is -7.05. The highest BCUT2D eigenvalue weighted by atomic mass is 35.5. The molecule has 1 aliphatic rings. The van der Waals surface area contributed by atoms with Crippen LogP contribution in [0.4, 0.5) is 43.9 Å². The summed E-state index contributed by atoms with van der Waals surface area (Å²) in [5.74, 6) is -25.7. The second-order valence-electron chi connectivity index (χ2n) is 5.85. The highest BCUT2D eigenvalue weighted by Gasteiger charge is 2.43. The molecule has 0 spiro atoms. The molecule has 0 aromatic heterocycles. The van der Waals surface area contributed by atoms with Gasteiger partial charge in [-0.1, -0.05) is 12.2 Å². The van der Waals surface area contributed by atoms with E-state index in [4.69, 9.17) is 11.5 Å². The van der Waals surface area contributed by atoms with E-state index in [1.807, 2.05) is 0 Å². The first-order chi connectivity index (χ1) is 13.5. The van der Waals surface area contributed by atoms with E-state index in [0.29, 0.717) is 0 Å². The Bertz CT molecular complexity index is 1040. The zero-order chi connectivity index (χ0) is 21.8. The quantitative estimate of drug-likeness (QED) is 0.214. The molecule has 0 nitrogen and oxygen atoms in total. The standard InChI is InChI=1S/C17H3BClF10/c19-18(5-3-1-2-4-5,6-8(20)12(24)16(28)13(25)9(6)21)7-10(22)14(26)17(29)15(27)11(7)23/h1-3H/q-1. The highest BCUT2D eigenvalue weighted by Crippen LogP contribution is 2.31. The number of halogens is 11. The first-order valence-electron chi connectivity index (χ1n) is 7.47. The minimum atomic E-state index is -4.46. The van der Waals surface area contributed by atoms with E-state index >= 15 is 0 Å². The molecule has 0 unspecified atom stereocenters. The van der Waals surface area contributed by atoms with Crippen LogP contribution in [0.5, 0.6) is 0 Å². The predicted octanol–water partition coefficient (Wildman–Crippen LogP) is 4.57. The Kier molecular flexibility index (Phi) is 5.09. The van der Waals surface area contributed by atoms with Gasteiger partial charge in [-0.15, -0.1) is 16.4 Å². The van der Waals surface area contributed by atoms with Crippen molar-refractivity contribution in [3.8, 4) is 0 Å². The first-order valence-corrected chi connectivity index (χ1v) is 7.90. The van der Waals surface area contributed by atoms with Gasteiger partial charge in [0.15, 0.2) is 40.5 Å². The van der Waals surface area contributed by atoms with Crippen molar-refractivity contribution in [1.29, 1.82) is 0 Å².